The number of piperazine rings is 1. The average molecular weight is 1630 g/mol. The summed E-state index contributed by atoms with van der Waals surface area (Å²) in [6.45, 7) is 91.7. The van der Waals surface area contributed by atoms with E-state index in [4.69, 9.17) is 0 Å². The second-order valence-electron chi connectivity index (χ2n) is 31.5. The fourth-order valence-electron chi connectivity index (χ4n) is 12.3. The molecule has 9 aliphatic rings. The maximum Gasteiger partial charge on any atom is 0.164 e. The molecule has 16 nitrogen and oxygen atoms in total. The molecule has 0 radical (unpaired) electrons. The summed E-state index contributed by atoms with van der Waals surface area (Å²) in [7, 11) is -4.96. The number of sulfone groups is 2. The quantitative estimate of drug-likeness (QED) is 0.214. The minimum atomic E-state index is -2.75. The van der Waals surface area contributed by atoms with E-state index in [0.29, 0.717) is 42.2 Å². The van der Waals surface area contributed by atoms with E-state index < -0.39 is 29.2 Å². The van der Waals surface area contributed by atoms with Crippen LogP contribution in [-0.2, 0) is 42.0 Å². The van der Waals surface area contributed by atoms with Crippen LogP contribution in [-0.4, -0.2) is 290 Å². The number of nitrogens with zero attached hydrogens (tertiary/aromatic N) is 10. The van der Waals surface area contributed by atoms with Crippen LogP contribution >= 0.6 is 0 Å². The zero-order valence-corrected chi connectivity index (χ0v) is 82.7. The molecule has 1 N–H and O–H groups in total. The number of aryl methyl sites for hydroxylation is 2. The first-order valence-corrected chi connectivity index (χ1v) is 51.1. The van der Waals surface area contributed by atoms with Crippen molar-refractivity contribution >= 4 is 35.1 Å². The molecule has 666 valence electrons. The molecule has 9 aliphatic heterocycles. The highest BCUT2D eigenvalue weighted by atomic mass is 32.2. The van der Waals surface area contributed by atoms with Gasteiger partial charge in [-0.3, -0.25) is 29.2 Å². The van der Waals surface area contributed by atoms with Crippen LogP contribution in [0.3, 0.4) is 0 Å². The van der Waals surface area contributed by atoms with Gasteiger partial charge in [0.25, 0.3) is 0 Å². The van der Waals surface area contributed by atoms with E-state index in [9.17, 15) is 21.0 Å². The maximum absolute atomic E-state index is 11.4. The Labute approximate surface area is 697 Å². The summed E-state index contributed by atoms with van der Waals surface area (Å²) in [5.74, 6) is 7.34. The topological polar surface area (TPSA) is 130 Å². The Morgan fingerprint density at radius 2 is 0.595 bits per heavy atom. The highest BCUT2D eigenvalue weighted by Gasteiger charge is 2.28. The van der Waals surface area contributed by atoms with Gasteiger partial charge in [-0.1, -0.05) is 171 Å². The predicted octanol–water partition coefficient (Wildman–Crippen LogP) is 19.1. The number of hydrogen-bond acceptors (Lipinski definition) is 16. The molecule has 19 heteroatoms. The van der Waals surface area contributed by atoms with Crippen molar-refractivity contribution in [3.05, 3.63) is 71.8 Å². The van der Waals surface area contributed by atoms with Crippen molar-refractivity contribution < 1.29 is 21.0 Å². The fraction of sp³-hybridized carbons (Fsp3) is 0.859. The smallest absolute Gasteiger partial charge is 0.164 e. The number of benzene rings is 2. The highest BCUT2D eigenvalue weighted by Crippen LogP contribution is 2.16. The molecule has 9 heterocycles. The van der Waals surface area contributed by atoms with Crippen LogP contribution in [0.15, 0.2) is 60.7 Å². The van der Waals surface area contributed by atoms with Gasteiger partial charge in [-0.15, -0.1) is 0 Å². The van der Waals surface area contributed by atoms with E-state index in [2.05, 4.69) is 224 Å². The van der Waals surface area contributed by atoms with Gasteiger partial charge < -0.3 is 24.5 Å². The standard InChI is InChI=1S/C8H18N2.C8H17NOS.C8H17N.2C8H10.C7H16N2.C7H15NO2S.2C7H15N.C6H13NO2S.C6H13N.6C2H6/c1-8(2)10-6-4-9(3)5-7-10;1-8(2)9-4-6-11(3,10)7-5-9;1-8(2)9-6-4-3-5-7-9;2*1-2-8-6-4-3-5-7-8;1-6(2)9-5-7(3)4-8-9;1-7(2)8-4-3-5-11(9,10)6-8;2*1-7(2)8-5-3-4-6-8;1-6(2)7-3-4-10(8,9)5-7;1-6(2)7-4-3-5-7;6*1-2/h8H,4-7H2,1-3H3;8H,3-7H2,1-2H3;8H,3-7H2,1-2H3;2*3-7H,2H2,1H3;6-8H,4-5H2,1-3H3;7H,3-6H2,1-2H3;2*7H,3-6H2,1-2H3;6H,3-5H2,1-2H3;6H,3-5H2,1-2H3;6*1-2H3. The van der Waals surface area contributed by atoms with Crippen molar-refractivity contribution in [2.24, 2.45) is 5.92 Å². The number of likely N-dealkylation sites (tertiary alicyclic amines) is 4. The molecule has 9 fully saturated rings. The molecule has 0 aliphatic carbocycles. The number of hydrazine groups is 1. The van der Waals surface area contributed by atoms with Crippen LogP contribution in [0.1, 0.15) is 297 Å². The van der Waals surface area contributed by atoms with Crippen molar-refractivity contribution in [3.63, 3.8) is 0 Å². The molecule has 0 amide bonds. The van der Waals surface area contributed by atoms with E-state index in [1.165, 1.54) is 148 Å². The van der Waals surface area contributed by atoms with Crippen molar-refractivity contribution in [2.75, 3.05) is 160 Å². The van der Waals surface area contributed by atoms with Gasteiger partial charge >= 0.3 is 0 Å². The van der Waals surface area contributed by atoms with Crippen LogP contribution in [0, 0.1) is 5.92 Å². The second kappa shape index (κ2) is 75.4. The Hall–Kier alpha value is -2.08. The lowest BCUT2D eigenvalue weighted by atomic mass is 10.1. The van der Waals surface area contributed by atoms with Gasteiger partial charge in [0.05, 0.1) is 11.5 Å². The third kappa shape index (κ3) is 65.5. The minimum Gasteiger partial charge on any atom is -0.304 e. The lowest BCUT2D eigenvalue weighted by Gasteiger charge is -2.34. The Balaban J connectivity index is -0.000000270. The van der Waals surface area contributed by atoms with Crippen molar-refractivity contribution in [1.82, 2.24) is 54.5 Å². The predicted molar refractivity (Wildman–Crippen MR) is 504 cm³/mol. The van der Waals surface area contributed by atoms with Gasteiger partial charge in [-0.05, 0) is 281 Å². The summed E-state index contributed by atoms with van der Waals surface area (Å²) >= 11 is 0. The summed E-state index contributed by atoms with van der Waals surface area (Å²) in [5.41, 5.74) is 6.16. The van der Waals surface area contributed by atoms with E-state index in [1.807, 2.05) is 133 Å². The molecule has 0 spiro atoms. The number of hydrogen-bond donors (Lipinski definition) is 1. The molecule has 1 atom stereocenters. The van der Waals surface area contributed by atoms with Gasteiger partial charge in [0.1, 0.15) is 11.8 Å². The fourth-order valence-corrected chi connectivity index (χ4v) is 16.9. The van der Waals surface area contributed by atoms with Crippen molar-refractivity contribution in [2.45, 2.75) is 353 Å². The van der Waals surface area contributed by atoms with Crippen LogP contribution in [0.4, 0.5) is 0 Å². The normalized spacial score (nSPS) is 20.3. The summed E-state index contributed by atoms with van der Waals surface area (Å²) < 4.78 is 55.5. The van der Waals surface area contributed by atoms with Crippen LogP contribution in [0.25, 0.3) is 0 Å². The average Bonchev–Trinajstić information content (AvgIpc) is 1.55. The molecule has 9 saturated heterocycles. The molecule has 2 aromatic rings. The molecule has 2 aromatic carbocycles. The first-order valence-electron chi connectivity index (χ1n) is 45.4. The Bertz CT molecular complexity index is 2500. The monoisotopic (exact) mass is 1630 g/mol. The van der Waals surface area contributed by atoms with Gasteiger partial charge in [-0.2, -0.15) is 0 Å². The lowest BCUT2D eigenvalue weighted by Crippen LogP contribution is -2.47. The van der Waals surface area contributed by atoms with Gasteiger partial charge in [0.2, 0.25) is 0 Å². The summed E-state index contributed by atoms with van der Waals surface area (Å²) in [6.07, 6.45) is 14.4. The number of likely N-dealkylation sites (N-methyl/N-ethyl adjacent to an activating group) is 1. The summed E-state index contributed by atoms with van der Waals surface area (Å²) in [4.78, 5) is 21.3. The Kier molecular flexibility index (Phi) is 81.3. The molecular weight excluding hydrogens is 1440 g/mol. The Morgan fingerprint density at radius 3 is 0.802 bits per heavy atom. The third-order valence-corrected chi connectivity index (χ3v) is 25.1. The minimum absolute atomic E-state index is 0.255. The second-order valence-corrected chi connectivity index (χ2v) is 38.6. The first kappa shape index (κ1) is 120. The van der Waals surface area contributed by atoms with Gasteiger partial charge in [-0.25, -0.2) is 21.8 Å². The molecule has 1 unspecified atom stereocenters. The summed E-state index contributed by atoms with van der Waals surface area (Å²) in [5, 5.41) is 2.30. The number of piperidine rings is 1. The van der Waals surface area contributed by atoms with E-state index >= 15 is 0 Å². The van der Waals surface area contributed by atoms with E-state index in [1.54, 1.807) is 0 Å². The van der Waals surface area contributed by atoms with Crippen molar-refractivity contribution in [3.8, 4) is 0 Å². The van der Waals surface area contributed by atoms with Gasteiger partial charge in [0.15, 0.2) is 19.7 Å². The van der Waals surface area contributed by atoms with Crippen LogP contribution < -0.4 is 5.43 Å². The zero-order chi connectivity index (χ0) is 86.7. The van der Waals surface area contributed by atoms with E-state index in [0.717, 1.165) is 93.1 Å². The molecule has 0 bridgehead atoms. The van der Waals surface area contributed by atoms with Crippen LogP contribution in [0.2, 0.25) is 0 Å². The summed E-state index contributed by atoms with van der Waals surface area (Å²) in [6, 6.07) is 26.7. The Morgan fingerprint density at radius 1 is 0.333 bits per heavy atom. The SMILES string of the molecule is C=S1(=O)CCN(C(C)C)CC1.CC.CC.CC.CC.CC.CC.CC(C)N1CCC1.CC(C)N1CCCC1.CC(C)N1CCCC1.CC(C)N1CCCCC1.CC(C)N1CCCS(=O)(=O)C1.CC(C)N1CCN(C)CC1.CC(C)N1CCS(=O)(=O)C1.CC1CNN(C(C)C)C1.CCc1ccccc1.CCc1ccccc1. The zero-order valence-electron chi connectivity index (χ0n) is 80.2. The molecular formula is C92H195N11O5S3. The third-order valence-electron chi connectivity index (χ3n) is 20.0. The largest absolute Gasteiger partial charge is 0.304 e. The van der Waals surface area contributed by atoms with Crippen LogP contribution in [0.5, 0.6) is 0 Å². The van der Waals surface area contributed by atoms with Gasteiger partial charge in [0, 0.05) is 131 Å². The molecule has 0 aromatic heterocycles. The first-order chi connectivity index (χ1) is 52.5. The maximum atomic E-state index is 11.4. The van der Waals surface area contributed by atoms with E-state index in [-0.39, 0.29) is 11.8 Å². The number of rotatable bonds is 11. The lowest BCUT2D eigenvalue weighted by molar-refractivity contribution is 0.126. The molecule has 11 rings (SSSR count). The molecule has 0 saturated carbocycles. The number of nitrogens with one attached hydrogen (secondary N) is 1. The molecule has 111 heavy (non-hydrogen) atoms. The van der Waals surface area contributed by atoms with Crippen molar-refractivity contribution in [1.29, 1.82) is 0 Å². The highest BCUT2D eigenvalue weighted by molar-refractivity contribution is 8.00.